The molecule has 2 amide bonds. The summed E-state index contributed by atoms with van der Waals surface area (Å²) in [5.74, 6) is -0.766. The van der Waals surface area contributed by atoms with Crippen molar-refractivity contribution in [2.75, 3.05) is 20.2 Å². The van der Waals surface area contributed by atoms with Gasteiger partial charge in [0.2, 0.25) is 0 Å². The molecule has 3 heterocycles. The number of carbonyl (C=O) groups excluding carboxylic acids is 2. The van der Waals surface area contributed by atoms with Crippen LogP contribution in [0.2, 0.25) is 0 Å². The van der Waals surface area contributed by atoms with Gasteiger partial charge in [0.15, 0.2) is 5.69 Å². The molecule has 0 unspecified atom stereocenters. The van der Waals surface area contributed by atoms with Crippen LogP contribution in [0.25, 0.3) is 10.9 Å². The van der Waals surface area contributed by atoms with Crippen LogP contribution in [0.1, 0.15) is 58.9 Å². The molecule has 0 saturated heterocycles. The van der Waals surface area contributed by atoms with E-state index in [1.807, 2.05) is 13.8 Å². The molecule has 33 heavy (non-hydrogen) atoms. The molecule has 2 N–H and O–H groups in total. The zero-order chi connectivity index (χ0) is 23.3. The lowest BCUT2D eigenvalue weighted by Gasteiger charge is -2.30. The van der Waals surface area contributed by atoms with Gasteiger partial charge in [-0.05, 0) is 44.9 Å². The first kappa shape index (κ1) is 21.6. The van der Waals surface area contributed by atoms with E-state index in [1.165, 1.54) is 6.07 Å². The van der Waals surface area contributed by atoms with Gasteiger partial charge in [-0.15, -0.1) is 0 Å². The van der Waals surface area contributed by atoms with Gasteiger partial charge in [0.05, 0.1) is 24.8 Å². The van der Waals surface area contributed by atoms with Gasteiger partial charge in [0.25, 0.3) is 11.8 Å². The Morgan fingerprint density at radius 1 is 1.33 bits per heavy atom. The van der Waals surface area contributed by atoms with Crippen molar-refractivity contribution in [2.45, 2.75) is 51.3 Å². The van der Waals surface area contributed by atoms with Crippen LogP contribution >= 0.6 is 0 Å². The number of ether oxygens (including phenoxy) is 1. The van der Waals surface area contributed by atoms with Crippen molar-refractivity contribution in [3.63, 3.8) is 0 Å². The lowest BCUT2D eigenvalue weighted by Crippen LogP contribution is -2.43. The van der Waals surface area contributed by atoms with E-state index in [0.717, 1.165) is 24.1 Å². The van der Waals surface area contributed by atoms with Crippen molar-refractivity contribution < 1.29 is 18.7 Å². The summed E-state index contributed by atoms with van der Waals surface area (Å²) in [5.41, 5.74) is 2.59. The van der Waals surface area contributed by atoms with Crippen LogP contribution in [0.4, 0.5) is 4.39 Å². The third-order valence-corrected chi connectivity index (χ3v) is 6.79. The first-order valence-electron chi connectivity index (χ1n) is 11.3. The van der Waals surface area contributed by atoms with Gasteiger partial charge >= 0.3 is 0 Å². The number of carbonyl (C=O) groups is 2. The molecule has 1 aromatic carbocycles. The highest BCUT2D eigenvalue weighted by Crippen LogP contribution is 2.42. The molecule has 0 spiro atoms. The summed E-state index contributed by atoms with van der Waals surface area (Å²) in [6.07, 6.45) is 2.47. The number of benzene rings is 1. The number of H-pyrrole nitrogens is 2. The lowest BCUT2D eigenvalue weighted by atomic mass is 10.0. The van der Waals surface area contributed by atoms with Crippen LogP contribution in [0, 0.1) is 5.82 Å². The van der Waals surface area contributed by atoms with E-state index in [-0.39, 0.29) is 35.8 Å². The molecular formula is C24H28FN5O3. The largest absolute Gasteiger partial charge is 0.376 e. The van der Waals surface area contributed by atoms with Crippen LogP contribution in [-0.4, -0.2) is 68.6 Å². The number of hydrogen-bond acceptors (Lipinski definition) is 4. The van der Waals surface area contributed by atoms with Crippen LogP contribution < -0.4 is 0 Å². The predicted molar refractivity (Wildman–Crippen MR) is 120 cm³/mol. The molecule has 2 aromatic heterocycles. The Hall–Kier alpha value is -3.20. The van der Waals surface area contributed by atoms with Gasteiger partial charge in [-0.25, -0.2) is 4.39 Å². The zero-order valence-corrected chi connectivity index (χ0v) is 19.1. The predicted octanol–water partition coefficient (Wildman–Crippen LogP) is 3.26. The molecule has 0 atom stereocenters. The van der Waals surface area contributed by atoms with E-state index >= 15 is 0 Å². The fraction of sp³-hybridized carbons (Fsp3) is 0.458. The number of aromatic amines is 2. The SMILES string of the molecule is CC(C)OCC1(N(C)C(=O)c2n[nH]c3c2CN(C(=O)c2cc4c(F)cccc4[nH]2)CC3)CC1. The average molecular weight is 454 g/mol. The summed E-state index contributed by atoms with van der Waals surface area (Å²) in [7, 11) is 1.80. The third kappa shape index (κ3) is 3.80. The summed E-state index contributed by atoms with van der Waals surface area (Å²) >= 11 is 0. The summed E-state index contributed by atoms with van der Waals surface area (Å²) in [5, 5.41) is 7.69. The first-order chi connectivity index (χ1) is 15.8. The minimum atomic E-state index is -0.370. The van der Waals surface area contributed by atoms with Crippen LogP contribution in [0.15, 0.2) is 24.3 Å². The van der Waals surface area contributed by atoms with Crippen molar-refractivity contribution >= 4 is 22.7 Å². The lowest BCUT2D eigenvalue weighted by molar-refractivity contribution is 0.0200. The number of rotatable bonds is 6. The molecule has 2 aliphatic rings. The monoisotopic (exact) mass is 453 g/mol. The number of likely N-dealkylation sites (N-methyl/N-ethyl adjacent to an activating group) is 1. The molecule has 1 aliphatic heterocycles. The second-order valence-corrected chi connectivity index (χ2v) is 9.34. The molecule has 1 fully saturated rings. The number of nitrogens with zero attached hydrogens (tertiary/aromatic N) is 3. The standard InChI is InChI=1S/C24H28FN5O3/c1-14(2)33-13-24(8-9-24)29(3)23(32)21-16-12-30(10-7-19(16)27-28-21)22(31)20-11-15-17(25)5-4-6-18(15)26-20/h4-6,11,14,26H,7-10,12-13H2,1-3H3,(H,27,28). The van der Waals surface area contributed by atoms with Gasteiger partial charge in [-0.3, -0.25) is 14.7 Å². The maximum atomic E-state index is 14.1. The Bertz CT molecular complexity index is 1230. The Balaban J connectivity index is 1.35. The highest BCUT2D eigenvalue weighted by Gasteiger charge is 2.50. The summed E-state index contributed by atoms with van der Waals surface area (Å²) in [6.45, 7) is 5.22. The minimum Gasteiger partial charge on any atom is -0.376 e. The summed E-state index contributed by atoms with van der Waals surface area (Å²) < 4.78 is 19.9. The minimum absolute atomic E-state index is 0.0989. The molecular weight excluding hydrogens is 425 g/mol. The van der Waals surface area contributed by atoms with E-state index in [1.54, 1.807) is 35.0 Å². The van der Waals surface area contributed by atoms with Crippen LogP contribution in [0.3, 0.4) is 0 Å². The Labute approximate surface area is 191 Å². The maximum Gasteiger partial charge on any atom is 0.274 e. The van der Waals surface area contributed by atoms with Gasteiger partial charge in [-0.1, -0.05) is 6.07 Å². The summed E-state index contributed by atoms with van der Waals surface area (Å²) in [4.78, 5) is 33.0. The maximum absolute atomic E-state index is 14.1. The smallest absolute Gasteiger partial charge is 0.274 e. The number of amides is 2. The number of halogens is 1. The van der Waals surface area contributed by atoms with Crippen molar-refractivity contribution in [1.29, 1.82) is 0 Å². The van der Waals surface area contributed by atoms with Gasteiger partial charge in [0.1, 0.15) is 11.5 Å². The van der Waals surface area contributed by atoms with Crippen molar-refractivity contribution in [3.8, 4) is 0 Å². The number of fused-ring (bicyclic) bond motifs is 2. The van der Waals surface area contributed by atoms with E-state index < -0.39 is 0 Å². The highest BCUT2D eigenvalue weighted by atomic mass is 19.1. The normalized spacial score (nSPS) is 16.8. The van der Waals surface area contributed by atoms with Gasteiger partial charge in [-0.2, -0.15) is 5.10 Å². The average Bonchev–Trinajstić information content (AvgIpc) is 3.27. The molecule has 1 saturated carbocycles. The number of hydrogen-bond donors (Lipinski definition) is 2. The Kier molecular flexibility index (Phi) is 5.23. The molecule has 5 rings (SSSR count). The Morgan fingerprint density at radius 2 is 2.12 bits per heavy atom. The molecule has 0 bridgehead atoms. The Morgan fingerprint density at radius 3 is 2.82 bits per heavy atom. The first-order valence-corrected chi connectivity index (χ1v) is 11.3. The topological polar surface area (TPSA) is 94.3 Å². The fourth-order valence-corrected chi connectivity index (χ4v) is 4.47. The molecule has 174 valence electrons. The third-order valence-electron chi connectivity index (χ3n) is 6.79. The second-order valence-electron chi connectivity index (χ2n) is 9.34. The zero-order valence-electron chi connectivity index (χ0n) is 19.1. The van der Waals surface area contributed by atoms with Crippen LogP contribution in [0.5, 0.6) is 0 Å². The number of aromatic nitrogens is 3. The van der Waals surface area contributed by atoms with E-state index in [2.05, 4.69) is 15.2 Å². The highest BCUT2D eigenvalue weighted by molar-refractivity contribution is 5.99. The van der Waals surface area contributed by atoms with E-state index in [9.17, 15) is 14.0 Å². The van der Waals surface area contributed by atoms with E-state index in [4.69, 9.17) is 4.74 Å². The summed E-state index contributed by atoms with van der Waals surface area (Å²) in [6, 6.07) is 6.26. The van der Waals surface area contributed by atoms with Crippen LogP contribution in [-0.2, 0) is 17.7 Å². The molecule has 9 heteroatoms. The molecule has 0 radical (unpaired) electrons. The molecule has 3 aromatic rings. The molecule has 1 aliphatic carbocycles. The van der Waals surface area contributed by atoms with E-state index in [0.29, 0.717) is 41.9 Å². The quantitative estimate of drug-likeness (QED) is 0.599. The van der Waals surface area contributed by atoms with Gasteiger partial charge in [0, 0.05) is 42.2 Å². The van der Waals surface area contributed by atoms with Gasteiger partial charge < -0.3 is 19.5 Å². The molecule has 8 nitrogen and oxygen atoms in total. The van der Waals surface area contributed by atoms with Crippen molar-refractivity contribution in [1.82, 2.24) is 25.0 Å². The number of nitrogens with one attached hydrogen (secondary N) is 2. The van der Waals surface area contributed by atoms with Crippen molar-refractivity contribution in [2.24, 2.45) is 0 Å². The fourth-order valence-electron chi connectivity index (χ4n) is 4.47. The van der Waals surface area contributed by atoms with Crippen molar-refractivity contribution in [3.05, 3.63) is 52.7 Å². The second kappa shape index (κ2) is 7.98.